The minimum atomic E-state index is -4.74. The van der Waals surface area contributed by atoms with Crippen molar-refractivity contribution in [1.29, 1.82) is 0 Å². The number of amides is 1. The van der Waals surface area contributed by atoms with Gasteiger partial charge in [-0.3, -0.25) is 9.48 Å². The Kier molecular flexibility index (Phi) is 7.32. The van der Waals surface area contributed by atoms with E-state index >= 15 is 4.39 Å². The Bertz CT molecular complexity index is 1900. The van der Waals surface area contributed by atoms with Crippen LogP contribution < -0.4 is 15.1 Å². The molecular formula is C29H22ClF5N7O2+. The molecule has 0 radical (unpaired) electrons. The maximum atomic E-state index is 15.4. The lowest BCUT2D eigenvalue weighted by Crippen LogP contribution is -2.36. The number of carbonyl (C=O) groups is 1. The van der Waals surface area contributed by atoms with Crippen molar-refractivity contribution in [2.45, 2.75) is 31.5 Å². The fourth-order valence-corrected chi connectivity index (χ4v) is 5.20. The van der Waals surface area contributed by atoms with E-state index < -0.39 is 35.5 Å². The van der Waals surface area contributed by atoms with Crippen LogP contribution in [0, 0.1) is 22.8 Å². The number of nitrogens with one attached hydrogen (secondary N) is 1. The fraction of sp³-hybridized carbons (Fsp3) is 0.207. The molecule has 1 aliphatic rings. The largest absolute Gasteiger partial charge is 0.618 e. The summed E-state index contributed by atoms with van der Waals surface area (Å²) >= 11 is 6.02. The van der Waals surface area contributed by atoms with Crippen LogP contribution in [0.1, 0.15) is 47.1 Å². The zero-order chi connectivity index (χ0) is 31.3. The van der Waals surface area contributed by atoms with Crippen LogP contribution in [-0.4, -0.2) is 26.0 Å². The molecule has 0 spiro atoms. The van der Waals surface area contributed by atoms with Gasteiger partial charge in [-0.2, -0.15) is 23.0 Å². The van der Waals surface area contributed by atoms with Crippen LogP contribution >= 0.6 is 11.6 Å². The Balaban J connectivity index is 1.37. The van der Waals surface area contributed by atoms with Gasteiger partial charge < -0.3 is 10.9 Å². The van der Waals surface area contributed by atoms with E-state index in [0.717, 1.165) is 23.7 Å². The van der Waals surface area contributed by atoms with Crippen LogP contribution in [0.15, 0.2) is 67.3 Å². The lowest BCUT2D eigenvalue weighted by atomic mass is 10.0. The molecule has 0 bridgehead atoms. The molecule has 9 nitrogen and oxygen atoms in total. The molecule has 15 heteroatoms. The lowest BCUT2D eigenvalue weighted by molar-refractivity contribution is -0.659. The van der Waals surface area contributed by atoms with Crippen molar-refractivity contribution in [3.05, 3.63) is 106 Å². The highest BCUT2D eigenvalue weighted by atomic mass is 35.5. The highest BCUT2D eigenvalue weighted by Gasteiger charge is 2.41. The van der Waals surface area contributed by atoms with Crippen molar-refractivity contribution in [1.82, 2.24) is 20.1 Å². The number of hydrogen-bond acceptors (Lipinski definition) is 4. The van der Waals surface area contributed by atoms with Crippen LogP contribution in [0.5, 0.6) is 0 Å². The average Bonchev–Trinajstić information content (AvgIpc) is 3.41. The van der Waals surface area contributed by atoms with Gasteiger partial charge in [0.15, 0.2) is 23.9 Å². The van der Waals surface area contributed by atoms with E-state index in [0.29, 0.717) is 34.4 Å². The second-order valence-corrected chi connectivity index (χ2v) is 10.9. The Hall–Kier alpha value is -4.85. The summed E-state index contributed by atoms with van der Waals surface area (Å²) in [5.74, 6) is -2.26. The van der Waals surface area contributed by atoms with Crippen LogP contribution in [0.2, 0.25) is 5.02 Å². The van der Waals surface area contributed by atoms with Gasteiger partial charge in [-0.1, -0.05) is 35.7 Å². The number of halogens is 6. The summed E-state index contributed by atoms with van der Waals surface area (Å²) in [5.41, 5.74) is 4.79. The molecule has 3 aromatic heterocycles. The second-order valence-electron chi connectivity index (χ2n) is 10.5. The first-order valence-electron chi connectivity index (χ1n) is 13.3. The molecular weight excluding hydrogens is 609 g/mol. The van der Waals surface area contributed by atoms with Gasteiger partial charge in [0.05, 0.1) is 33.0 Å². The standard InChI is InChI=1S/C29H21ClF5N7O2/c30-20-6-8-23(41-14-25(38-39-41)29(33,34)35)26(27(20)32)17-4-7-22(42(44)13-17)24(9-15-1-2-15)40-12-18(11-37-40)16-3-5-19(28(36)43)21(31)10-16/h3-8,10-15,24H,1-2,9H2,(H2,36,43)/p+1/t24-/m0/s1. The number of benzene rings is 2. The van der Waals surface area contributed by atoms with Crippen LogP contribution in [0.25, 0.3) is 27.9 Å². The van der Waals surface area contributed by atoms with E-state index in [4.69, 9.17) is 17.3 Å². The number of carbonyl (C=O) groups excluding carboxylic acids is 1. The molecule has 5 aromatic rings. The molecule has 3 heterocycles. The lowest BCUT2D eigenvalue weighted by Gasteiger charge is -2.18. The van der Waals surface area contributed by atoms with E-state index in [-0.39, 0.29) is 33.1 Å². The second kappa shape index (κ2) is 11.0. The number of H-pyrrole nitrogens is 1. The molecule has 3 N–H and O–H groups in total. The third kappa shape index (κ3) is 5.60. The summed E-state index contributed by atoms with van der Waals surface area (Å²) in [4.78, 5) is 11.4. The first kappa shape index (κ1) is 29.2. The number of aromatic amines is 1. The summed E-state index contributed by atoms with van der Waals surface area (Å²) in [6.45, 7) is 0. The molecule has 0 aliphatic heterocycles. The molecule has 2 aromatic carbocycles. The normalized spacial score (nSPS) is 14.1. The summed E-state index contributed by atoms with van der Waals surface area (Å²) < 4.78 is 72.4. The van der Waals surface area contributed by atoms with Crippen molar-refractivity contribution < 1.29 is 36.2 Å². The highest BCUT2D eigenvalue weighted by molar-refractivity contribution is 6.31. The maximum absolute atomic E-state index is 15.4. The zero-order valence-electron chi connectivity index (χ0n) is 22.5. The Morgan fingerprint density at radius 1 is 1.11 bits per heavy atom. The Morgan fingerprint density at radius 2 is 1.86 bits per heavy atom. The first-order chi connectivity index (χ1) is 20.9. The number of primary amides is 1. The van der Waals surface area contributed by atoms with E-state index in [1.165, 1.54) is 48.7 Å². The number of nitrogens with two attached hydrogens (primary N) is 1. The summed E-state index contributed by atoms with van der Waals surface area (Å²) in [5, 5.41) is 23.1. The van der Waals surface area contributed by atoms with Crippen LogP contribution in [0.4, 0.5) is 22.0 Å². The first-order valence-corrected chi connectivity index (χ1v) is 13.7. The van der Waals surface area contributed by atoms with Gasteiger partial charge in [-0.15, -0.1) is 4.68 Å². The van der Waals surface area contributed by atoms with E-state index in [2.05, 4.69) is 15.4 Å². The Morgan fingerprint density at radius 3 is 2.50 bits per heavy atom. The number of pyridine rings is 1. The number of nitrogens with zero attached hydrogens (tertiary/aromatic N) is 5. The predicted octanol–water partition coefficient (Wildman–Crippen LogP) is 5.29. The van der Waals surface area contributed by atoms with Gasteiger partial charge in [0, 0.05) is 17.8 Å². The molecule has 1 saturated carbocycles. The zero-order valence-corrected chi connectivity index (χ0v) is 23.3. The number of alkyl halides is 3. The van der Waals surface area contributed by atoms with Crippen molar-refractivity contribution in [2.24, 2.45) is 11.7 Å². The molecule has 226 valence electrons. The van der Waals surface area contributed by atoms with Crippen molar-refractivity contribution >= 4 is 17.5 Å². The highest BCUT2D eigenvalue weighted by Crippen LogP contribution is 2.39. The predicted molar refractivity (Wildman–Crippen MR) is 146 cm³/mol. The molecule has 44 heavy (non-hydrogen) atoms. The monoisotopic (exact) mass is 630 g/mol. The summed E-state index contributed by atoms with van der Waals surface area (Å²) in [7, 11) is 0. The molecule has 6 rings (SSSR count). The van der Waals surface area contributed by atoms with Crippen LogP contribution in [-0.2, 0) is 6.18 Å². The van der Waals surface area contributed by atoms with E-state index in [1.54, 1.807) is 10.9 Å². The third-order valence-electron chi connectivity index (χ3n) is 7.47. The van der Waals surface area contributed by atoms with Gasteiger partial charge in [0.25, 0.3) is 5.91 Å². The molecule has 0 saturated heterocycles. The van der Waals surface area contributed by atoms with Crippen molar-refractivity contribution in [3.63, 3.8) is 0 Å². The molecule has 1 fully saturated rings. The maximum Gasteiger partial charge on any atom is 0.464 e. The SMILES string of the molecule is NC(=O)c1ccc(-c2cnn([C@@H](CC3CC3)c3ccc(-c4c(-[n+]5cc(C(F)(F)F)n[nH]5)ccc(Cl)c4F)c[n+]3[O-])c2)cc1F. The summed E-state index contributed by atoms with van der Waals surface area (Å²) in [6.07, 6.45) is 2.72. The van der Waals surface area contributed by atoms with Crippen molar-refractivity contribution in [3.8, 4) is 27.9 Å². The van der Waals surface area contributed by atoms with Gasteiger partial charge in [-0.25, -0.2) is 8.78 Å². The molecule has 1 amide bonds. The minimum Gasteiger partial charge on any atom is -0.618 e. The quantitative estimate of drug-likeness (QED) is 0.138. The smallest absolute Gasteiger partial charge is 0.464 e. The third-order valence-corrected chi connectivity index (χ3v) is 7.76. The van der Waals surface area contributed by atoms with Crippen molar-refractivity contribution in [2.75, 3.05) is 0 Å². The van der Waals surface area contributed by atoms with Gasteiger partial charge >= 0.3 is 11.9 Å². The van der Waals surface area contributed by atoms with E-state index in [9.17, 15) is 27.6 Å². The number of rotatable bonds is 8. The Labute approximate surface area is 250 Å². The van der Waals surface area contributed by atoms with Gasteiger partial charge in [0.1, 0.15) is 11.9 Å². The molecule has 1 atom stereocenters. The molecule has 0 unspecified atom stereocenters. The topological polar surface area (TPSA) is 120 Å². The number of hydrogen-bond donors (Lipinski definition) is 2. The van der Waals surface area contributed by atoms with Crippen LogP contribution in [0.3, 0.4) is 0 Å². The number of aromatic nitrogens is 6. The summed E-state index contributed by atoms with van der Waals surface area (Å²) in [6, 6.07) is 8.92. The fourth-order valence-electron chi connectivity index (χ4n) is 5.05. The van der Waals surface area contributed by atoms with Gasteiger partial charge in [-0.05, 0) is 48.2 Å². The minimum absolute atomic E-state index is 0.0523. The average molecular weight is 631 g/mol. The van der Waals surface area contributed by atoms with Gasteiger partial charge in [0.2, 0.25) is 5.69 Å². The van der Waals surface area contributed by atoms with E-state index in [1.807, 2.05) is 0 Å². The molecule has 1 aliphatic carbocycles.